The third kappa shape index (κ3) is 3.54. The molecule has 0 bridgehead atoms. The van der Waals surface area contributed by atoms with Crippen LogP contribution in [-0.4, -0.2) is 42.0 Å². The first-order valence-electron chi connectivity index (χ1n) is 5.59. The SMILES string of the molecule is COc1ccc(NC(=O)CN2CSCC2=O)cc1Cl. The lowest BCUT2D eigenvalue weighted by Crippen LogP contribution is -2.34. The van der Waals surface area contributed by atoms with E-state index in [0.717, 1.165) is 0 Å². The van der Waals surface area contributed by atoms with E-state index >= 15 is 0 Å². The predicted molar refractivity (Wildman–Crippen MR) is 75.7 cm³/mol. The predicted octanol–water partition coefficient (Wildman–Crippen LogP) is 1.82. The van der Waals surface area contributed by atoms with Gasteiger partial charge in [-0.05, 0) is 18.2 Å². The summed E-state index contributed by atoms with van der Waals surface area (Å²) in [5, 5.41) is 3.12. The van der Waals surface area contributed by atoms with Gasteiger partial charge in [-0.2, -0.15) is 0 Å². The van der Waals surface area contributed by atoms with Gasteiger partial charge >= 0.3 is 0 Å². The second kappa shape index (κ2) is 6.16. The zero-order valence-corrected chi connectivity index (χ0v) is 11.9. The topological polar surface area (TPSA) is 58.6 Å². The fraction of sp³-hybridized carbons (Fsp3) is 0.333. The van der Waals surface area contributed by atoms with Gasteiger partial charge in [-0.3, -0.25) is 9.59 Å². The number of hydrogen-bond donors (Lipinski definition) is 1. The molecular formula is C12H13ClN2O3S. The molecule has 0 unspecified atom stereocenters. The van der Waals surface area contributed by atoms with Crippen molar-refractivity contribution in [3.8, 4) is 5.75 Å². The maximum Gasteiger partial charge on any atom is 0.244 e. The molecule has 5 nitrogen and oxygen atoms in total. The molecule has 2 amide bonds. The highest BCUT2D eigenvalue weighted by atomic mass is 35.5. The van der Waals surface area contributed by atoms with Crippen molar-refractivity contribution in [1.29, 1.82) is 0 Å². The van der Waals surface area contributed by atoms with Gasteiger partial charge in [-0.25, -0.2) is 0 Å². The molecule has 0 atom stereocenters. The summed E-state index contributed by atoms with van der Waals surface area (Å²) >= 11 is 7.47. The van der Waals surface area contributed by atoms with Crippen molar-refractivity contribution in [2.24, 2.45) is 0 Å². The highest BCUT2D eigenvalue weighted by Crippen LogP contribution is 2.27. The molecule has 1 aromatic carbocycles. The number of halogens is 1. The summed E-state index contributed by atoms with van der Waals surface area (Å²) in [5.74, 6) is 1.31. The number of rotatable bonds is 4. The van der Waals surface area contributed by atoms with E-state index in [-0.39, 0.29) is 18.4 Å². The molecule has 0 spiro atoms. The highest BCUT2D eigenvalue weighted by Gasteiger charge is 2.22. The lowest BCUT2D eigenvalue weighted by Gasteiger charge is -2.14. The summed E-state index contributed by atoms with van der Waals surface area (Å²) in [6.45, 7) is 0.0650. The molecular weight excluding hydrogens is 288 g/mol. The normalized spacial score (nSPS) is 14.6. The first-order chi connectivity index (χ1) is 9.10. The van der Waals surface area contributed by atoms with Gasteiger partial charge in [-0.15, -0.1) is 11.8 Å². The van der Waals surface area contributed by atoms with Crippen molar-refractivity contribution < 1.29 is 14.3 Å². The summed E-state index contributed by atoms with van der Waals surface area (Å²) < 4.78 is 5.03. The summed E-state index contributed by atoms with van der Waals surface area (Å²) in [4.78, 5) is 24.7. The molecule has 1 N–H and O–H groups in total. The fourth-order valence-electron chi connectivity index (χ4n) is 1.66. The summed E-state index contributed by atoms with van der Waals surface area (Å²) in [7, 11) is 1.52. The average molecular weight is 301 g/mol. The fourth-order valence-corrected chi connectivity index (χ4v) is 2.82. The number of methoxy groups -OCH3 is 1. The Labute approximate surface area is 120 Å². The van der Waals surface area contributed by atoms with E-state index in [0.29, 0.717) is 28.1 Å². The van der Waals surface area contributed by atoms with Crippen LogP contribution in [-0.2, 0) is 9.59 Å². The Kier molecular flexibility index (Phi) is 4.55. The van der Waals surface area contributed by atoms with E-state index < -0.39 is 0 Å². The molecule has 102 valence electrons. The van der Waals surface area contributed by atoms with E-state index in [1.165, 1.54) is 23.8 Å². The van der Waals surface area contributed by atoms with E-state index in [2.05, 4.69) is 5.32 Å². The monoisotopic (exact) mass is 300 g/mol. The van der Waals surface area contributed by atoms with Crippen LogP contribution in [0.15, 0.2) is 18.2 Å². The third-order valence-electron chi connectivity index (χ3n) is 2.60. The first kappa shape index (κ1) is 14.0. The molecule has 1 aliphatic rings. The molecule has 0 saturated carbocycles. The van der Waals surface area contributed by atoms with Gasteiger partial charge in [0, 0.05) is 5.69 Å². The van der Waals surface area contributed by atoms with E-state index in [1.807, 2.05) is 0 Å². The van der Waals surface area contributed by atoms with Gasteiger partial charge in [0.15, 0.2) is 0 Å². The number of hydrogen-bond acceptors (Lipinski definition) is 4. The number of anilines is 1. The standard InChI is InChI=1S/C12H13ClN2O3S/c1-18-10-3-2-8(4-9(10)13)14-11(16)5-15-7-19-6-12(15)17/h2-4H,5-7H2,1H3,(H,14,16). The van der Waals surface area contributed by atoms with E-state index in [1.54, 1.807) is 18.2 Å². The number of nitrogens with one attached hydrogen (secondary N) is 1. The minimum atomic E-state index is -0.239. The van der Waals surface area contributed by atoms with Gasteiger partial charge in [0.1, 0.15) is 12.3 Å². The lowest BCUT2D eigenvalue weighted by molar-refractivity contribution is -0.130. The van der Waals surface area contributed by atoms with Crippen LogP contribution < -0.4 is 10.1 Å². The molecule has 1 heterocycles. The Morgan fingerprint density at radius 3 is 2.95 bits per heavy atom. The van der Waals surface area contributed by atoms with Gasteiger partial charge in [0.05, 0.1) is 23.8 Å². The van der Waals surface area contributed by atoms with Crippen molar-refractivity contribution in [3.05, 3.63) is 23.2 Å². The molecule has 0 aromatic heterocycles. The van der Waals surface area contributed by atoms with Crippen LogP contribution in [0.1, 0.15) is 0 Å². The van der Waals surface area contributed by atoms with Crippen LogP contribution in [0.4, 0.5) is 5.69 Å². The smallest absolute Gasteiger partial charge is 0.244 e. The van der Waals surface area contributed by atoms with Gasteiger partial charge in [0.25, 0.3) is 0 Å². The molecule has 1 fully saturated rings. The van der Waals surface area contributed by atoms with E-state index in [9.17, 15) is 9.59 Å². The number of carbonyl (C=O) groups is 2. The van der Waals surface area contributed by atoms with Crippen LogP contribution in [0.2, 0.25) is 5.02 Å². The summed E-state index contributed by atoms with van der Waals surface area (Å²) in [6.07, 6.45) is 0. The maximum atomic E-state index is 11.8. The molecule has 2 rings (SSSR count). The van der Waals surface area contributed by atoms with Crippen LogP contribution in [0.5, 0.6) is 5.75 Å². The van der Waals surface area contributed by atoms with Gasteiger partial charge in [0.2, 0.25) is 11.8 Å². The highest BCUT2D eigenvalue weighted by molar-refractivity contribution is 8.00. The maximum absolute atomic E-state index is 11.8. The number of thioether (sulfide) groups is 1. The van der Waals surface area contributed by atoms with Crippen LogP contribution in [0.25, 0.3) is 0 Å². The Balaban J connectivity index is 1.95. The number of benzene rings is 1. The Hall–Kier alpha value is -1.40. The quantitative estimate of drug-likeness (QED) is 0.921. The number of ether oxygens (including phenoxy) is 1. The molecule has 7 heteroatoms. The van der Waals surface area contributed by atoms with E-state index in [4.69, 9.17) is 16.3 Å². The van der Waals surface area contributed by atoms with Crippen LogP contribution >= 0.6 is 23.4 Å². The Morgan fingerprint density at radius 1 is 1.58 bits per heavy atom. The molecule has 1 saturated heterocycles. The zero-order chi connectivity index (χ0) is 13.8. The number of carbonyl (C=O) groups excluding carboxylic acids is 2. The van der Waals surface area contributed by atoms with Crippen molar-refractivity contribution in [2.75, 3.05) is 30.6 Å². The Morgan fingerprint density at radius 2 is 2.37 bits per heavy atom. The third-order valence-corrected chi connectivity index (χ3v) is 3.84. The largest absolute Gasteiger partial charge is 0.495 e. The molecule has 0 aliphatic carbocycles. The molecule has 0 radical (unpaired) electrons. The van der Waals surface area contributed by atoms with Crippen molar-refractivity contribution >= 4 is 40.9 Å². The zero-order valence-electron chi connectivity index (χ0n) is 10.3. The molecule has 19 heavy (non-hydrogen) atoms. The van der Waals surface area contributed by atoms with Crippen molar-refractivity contribution in [2.45, 2.75) is 0 Å². The summed E-state index contributed by atoms with van der Waals surface area (Å²) in [6, 6.07) is 4.98. The van der Waals surface area contributed by atoms with Crippen molar-refractivity contribution in [3.63, 3.8) is 0 Å². The second-order valence-corrected chi connectivity index (χ2v) is 5.33. The molecule has 1 aliphatic heterocycles. The van der Waals surface area contributed by atoms with Gasteiger partial charge in [-0.1, -0.05) is 11.6 Å². The van der Waals surface area contributed by atoms with Crippen LogP contribution in [0, 0.1) is 0 Å². The Bertz CT molecular complexity index is 510. The van der Waals surface area contributed by atoms with Crippen molar-refractivity contribution in [1.82, 2.24) is 4.90 Å². The molecule has 1 aromatic rings. The minimum absolute atomic E-state index is 0.00656. The number of amides is 2. The van der Waals surface area contributed by atoms with Crippen LogP contribution in [0.3, 0.4) is 0 Å². The lowest BCUT2D eigenvalue weighted by atomic mass is 10.3. The second-order valence-electron chi connectivity index (χ2n) is 3.97. The van der Waals surface area contributed by atoms with Gasteiger partial charge < -0.3 is 15.0 Å². The summed E-state index contributed by atoms with van der Waals surface area (Å²) in [5.41, 5.74) is 0.579. The first-order valence-corrected chi connectivity index (χ1v) is 7.12. The average Bonchev–Trinajstić information content (AvgIpc) is 2.75. The number of nitrogens with zero attached hydrogens (tertiary/aromatic N) is 1. The minimum Gasteiger partial charge on any atom is -0.495 e.